The van der Waals surface area contributed by atoms with Crippen LogP contribution in [0, 0.1) is 0 Å². The number of carbonyl (C=O) groups excluding carboxylic acids is 1. The minimum absolute atomic E-state index is 0.259. The lowest BCUT2D eigenvalue weighted by molar-refractivity contribution is -0.142. The molecule has 318 valence electrons. The highest BCUT2D eigenvalue weighted by atomic mass is 16.6. The zero-order valence-corrected chi connectivity index (χ0v) is 33.7. The Bertz CT molecular complexity index is 676. The van der Waals surface area contributed by atoms with Gasteiger partial charge < -0.3 is 61.6 Å². The van der Waals surface area contributed by atoms with Crippen molar-refractivity contribution in [1.29, 1.82) is 0 Å². The van der Waals surface area contributed by atoms with Gasteiger partial charge in [-0.05, 0) is 6.42 Å². The molecule has 0 aliphatic heterocycles. The molecule has 14 nitrogen and oxygen atoms in total. The van der Waals surface area contributed by atoms with Gasteiger partial charge in [0.15, 0.2) is 0 Å². The summed E-state index contributed by atoms with van der Waals surface area (Å²) in [5, 5.41) is 0. The molecule has 0 unspecified atom stereocenters. The Morgan fingerprint density at radius 1 is 0.264 bits per heavy atom. The summed E-state index contributed by atoms with van der Waals surface area (Å²) in [7, 11) is 0. The molecule has 0 bridgehead atoms. The summed E-state index contributed by atoms with van der Waals surface area (Å²) in [6.45, 7) is 16.5. The second kappa shape index (κ2) is 49.0. The minimum atomic E-state index is -0.310. The fourth-order valence-corrected chi connectivity index (χ4v) is 4.63. The van der Waals surface area contributed by atoms with E-state index >= 15 is 0 Å². The Morgan fingerprint density at radius 3 is 0.679 bits per heavy atom. The fourth-order valence-electron chi connectivity index (χ4n) is 4.63. The van der Waals surface area contributed by atoms with Crippen LogP contribution in [0.5, 0.6) is 0 Å². The van der Waals surface area contributed by atoms with Crippen molar-refractivity contribution >= 4 is 5.97 Å². The van der Waals surface area contributed by atoms with Crippen LogP contribution in [0.25, 0.3) is 0 Å². The van der Waals surface area contributed by atoms with Crippen molar-refractivity contribution < 1.29 is 66.4 Å². The van der Waals surface area contributed by atoms with E-state index in [0.717, 1.165) is 13.0 Å². The molecule has 0 fully saturated rings. The zero-order valence-electron chi connectivity index (χ0n) is 33.7. The molecule has 14 heteroatoms. The molecule has 0 aromatic carbocycles. The van der Waals surface area contributed by atoms with Crippen molar-refractivity contribution in [1.82, 2.24) is 0 Å². The molecule has 0 heterocycles. The third kappa shape index (κ3) is 51.0. The molecule has 0 aromatic heterocycles. The number of ether oxygens (including phenoxy) is 13. The monoisotopic (exact) mass is 771 g/mol. The number of unbranched alkanes of at least 4 members (excludes halogenated alkanes) is 10. The van der Waals surface area contributed by atoms with Gasteiger partial charge in [0.2, 0.25) is 0 Å². The summed E-state index contributed by atoms with van der Waals surface area (Å²) in [6.07, 6.45) is 14.8. The van der Waals surface area contributed by atoms with Crippen LogP contribution in [0.2, 0.25) is 0 Å². The second-order valence-electron chi connectivity index (χ2n) is 12.2. The van der Waals surface area contributed by atoms with Crippen LogP contribution in [0.1, 0.15) is 84.5 Å². The van der Waals surface area contributed by atoms with E-state index in [4.69, 9.17) is 61.6 Å². The quantitative estimate of drug-likeness (QED) is 0.0602. The molecule has 0 aliphatic rings. The number of esters is 1. The number of hydrogen-bond donors (Lipinski definition) is 0. The van der Waals surface area contributed by atoms with Crippen LogP contribution in [-0.2, 0) is 66.4 Å². The van der Waals surface area contributed by atoms with E-state index in [-0.39, 0.29) is 12.6 Å². The van der Waals surface area contributed by atoms with E-state index in [1.807, 2.05) is 0 Å². The maximum atomic E-state index is 10.6. The van der Waals surface area contributed by atoms with Gasteiger partial charge >= 0.3 is 5.97 Å². The molecule has 0 amide bonds. The maximum absolute atomic E-state index is 10.6. The molecular weight excluding hydrogens is 692 g/mol. The van der Waals surface area contributed by atoms with E-state index in [1.165, 1.54) is 71.1 Å². The third-order valence-electron chi connectivity index (χ3n) is 7.52. The van der Waals surface area contributed by atoms with Crippen molar-refractivity contribution in [3.63, 3.8) is 0 Å². The highest BCUT2D eigenvalue weighted by Gasteiger charge is 1.98. The average Bonchev–Trinajstić information content (AvgIpc) is 3.15. The molecule has 0 saturated carbocycles. The molecule has 0 rings (SSSR count). The van der Waals surface area contributed by atoms with E-state index in [1.54, 1.807) is 0 Å². The normalized spacial score (nSPS) is 11.5. The van der Waals surface area contributed by atoms with Crippen molar-refractivity contribution in [2.45, 2.75) is 84.5 Å². The van der Waals surface area contributed by atoms with Gasteiger partial charge in [-0.2, -0.15) is 0 Å². The summed E-state index contributed by atoms with van der Waals surface area (Å²) >= 11 is 0. The Hall–Kier alpha value is -1.01. The Labute approximate surface area is 321 Å². The minimum Gasteiger partial charge on any atom is -0.463 e. The SMILES string of the molecule is CCCCCCCCCCCCCOCCOCCOCCOCCOCCOCCOCCOCCOCCOCCOCCOCCOC(C)=O. The van der Waals surface area contributed by atoms with Crippen LogP contribution < -0.4 is 0 Å². The Balaban J connectivity index is 3.05. The van der Waals surface area contributed by atoms with Gasteiger partial charge in [-0.25, -0.2) is 0 Å². The van der Waals surface area contributed by atoms with Gasteiger partial charge in [0.1, 0.15) is 6.61 Å². The zero-order chi connectivity index (χ0) is 38.2. The van der Waals surface area contributed by atoms with Crippen LogP contribution in [-0.4, -0.2) is 171 Å². The van der Waals surface area contributed by atoms with E-state index < -0.39 is 0 Å². The summed E-state index contributed by atoms with van der Waals surface area (Å²) in [5.74, 6) is -0.310. The standard InChI is InChI=1S/C39H78O14/c1-3-4-5-6-7-8-9-10-11-12-13-14-41-15-16-42-17-18-43-19-20-44-21-22-45-23-24-46-25-26-47-27-28-48-29-30-49-31-32-50-33-34-51-35-36-52-37-38-53-39(2)40/h3-38H2,1-2H3. The van der Waals surface area contributed by atoms with Crippen molar-refractivity contribution in [3.8, 4) is 0 Å². The molecule has 0 atom stereocenters. The van der Waals surface area contributed by atoms with Crippen molar-refractivity contribution in [2.75, 3.05) is 165 Å². The third-order valence-corrected chi connectivity index (χ3v) is 7.52. The van der Waals surface area contributed by atoms with Gasteiger partial charge in [-0.3, -0.25) is 4.79 Å². The first-order chi connectivity index (χ1) is 26.3. The topological polar surface area (TPSA) is 137 Å². The largest absolute Gasteiger partial charge is 0.463 e. The van der Waals surface area contributed by atoms with Crippen LogP contribution in [0.4, 0.5) is 0 Å². The summed E-state index contributed by atoms with van der Waals surface area (Å²) in [4.78, 5) is 10.6. The van der Waals surface area contributed by atoms with Crippen molar-refractivity contribution in [3.05, 3.63) is 0 Å². The first-order valence-electron chi connectivity index (χ1n) is 20.3. The summed E-state index contributed by atoms with van der Waals surface area (Å²) < 4.78 is 70.6. The van der Waals surface area contributed by atoms with Gasteiger partial charge in [0, 0.05) is 13.5 Å². The van der Waals surface area contributed by atoms with Gasteiger partial charge in [-0.15, -0.1) is 0 Å². The summed E-state index contributed by atoms with van der Waals surface area (Å²) in [6, 6.07) is 0. The van der Waals surface area contributed by atoms with E-state index in [2.05, 4.69) is 6.92 Å². The Morgan fingerprint density at radius 2 is 0.453 bits per heavy atom. The summed E-state index contributed by atoms with van der Waals surface area (Å²) in [5.41, 5.74) is 0. The number of rotatable bonds is 48. The smallest absolute Gasteiger partial charge is 0.302 e. The van der Waals surface area contributed by atoms with E-state index in [9.17, 15) is 4.79 Å². The van der Waals surface area contributed by atoms with Crippen molar-refractivity contribution in [2.24, 2.45) is 0 Å². The first-order valence-corrected chi connectivity index (χ1v) is 20.3. The molecule has 0 spiro atoms. The highest BCUT2D eigenvalue weighted by Crippen LogP contribution is 2.11. The predicted octanol–water partition coefficient (Wildman–Crippen LogP) is 5.06. The second-order valence-corrected chi connectivity index (χ2v) is 12.2. The lowest BCUT2D eigenvalue weighted by atomic mass is 10.1. The molecule has 0 saturated heterocycles. The molecule has 0 N–H and O–H groups in total. The predicted molar refractivity (Wildman–Crippen MR) is 203 cm³/mol. The lowest BCUT2D eigenvalue weighted by Crippen LogP contribution is -2.15. The van der Waals surface area contributed by atoms with E-state index in [0.29, 0.717) is 152 Å². The van der Waals surface area contributed by atoms with Gasteiger partial charge in [-0.1, -0.05) is 71.1 Å². The van der Waals surface area contributed by atoms with Crippen LogP contribution in [0.3, 0.4) is 0 Å². The molecule has 0 aliphatic carbocycles. The maximum Gasteiger partial charge on any atom is 0.302 e. The van der Waals surface area contributed by atoms with Crippen LogP contribution >= 0.6 is 0 Å². The first kappa shape index (κ1) is 52.0. The fraction of sp³-hybridized carbons (Fsp3) is 0.974. The number of hydrogen-bond acceptors (Lipinski definition) is 14. The van der Waals surface area contributed by atoms with Crippen LogP contribution in [0.15, 0.2) is 0 Å². The molecule has 0 aromatic rings. The Kier molecular flexibility index (Phi) is 48.1. The molecule has 53 heavy (non-hydrogen) atoms. The number of carbonyl (C=O) groups is 1. The molecule has 0 radical (unpaired) electrons. The molecular formula is C39H78O14. The highest BCUT2D eigenvalue weighted by molar-refractivity contribution is 5.65. The van der Waals surface area contributed by atoms with Gasteiger partial charge in [0.25, 0.3) is 0 Å². The average molecular weight is 771 g/mol. The van der Waals surface area contributed by atoms with Gasteiger partial charge in [0.05, 0.1) is 152 Å². The lowest BCUT2D eigenvalue weighted by Gasteiger charge is -2.09.